The van der Waals surface area contributed by atoms with E-state index in [0.29, 0.717) is 42.6 Å². The molecule has 0 spiro atoms. The van der Waals surface area contributed by atoms with Crippen LogP contribution in [0.3, 0.4) is 0 Å². The van der Waals surface area contributed by atoms with Gasteiger partial charge in [0.05, 0.1) is 18.6 Å². The topological polar surface area (TPSA) is 87.2 Å². The molecule has 0 aromatic heterocycles. The molecule has 7 nitrogen and oxygen atoms in total. The van der Waals surface area contributed by atoms with Gasteiger partial charge in [0.1, 0.15) is 11.6 Å². The van der Waals surface area contributed by atoms with E-state index in [-0.39, 0.29) is 36.1 Å². The maximum atomic E-state index is 14.3. The highest BCUT2D eigenvalue weighted by Crippen LogP contribution is 2.37. The van der Waals surface area contributed by atoms with Crippen LogP contribution >= 0.6 is 23.4 Å². The number of ether oxygens (including phenoxy) is 1. The van der Waals surface area contributed by atoms with Crippen molar-refractivity contribution in [2.24, 2.45) is 5.92 Å². The van der Waals surface area contributed by atoms with E-state index in [4.69, 9.17) is 16.3 Å². The van der Waals surface area contributed by atoms with E-state index >= 15 is 0 Å². The first-order chi connectivity index (χ1) is 17.7. The minimum Gasteiger partial charge on any atom is -0.496 e. The summed E-state index contributed by atoms with van der Waals surface area (Å²) < 4.78 is 19.9. The minimum absolute atomic E-state index is 0.00264. The molecule has 1 unspecified atom stereocenters. The van der Waals surface area contributed by atoms with E-state index in [1.807, 2.05) is 18.2 Å². The summed E-state index contributed by atoms with van der Waals surface area (Å²) in [5.41, 5.74) is 1.52. The molecule has 2 aliphatic rings. The van der Waals surface area contributed by atoms with E-state index in [0.717, 1.165) is 23.3 Å². The largest absolute Gasteiger partial charge is 0.496 e. The molecule has 4 rings (SSSR count). The number of aliphatic carboxylic acids is 1. The Morgan fingerprint density at radius 1 is 1.22 bits per heavy atom. The lowest BCUT2D eigenvalue weighted by atomic mass is 10.00. The molecule has 1 saturated heterocycles. The summed E-state index contributed by atoms with van der Waals surface area (Å²) >= 11 is 7.38. The van der Waals surface area contributed by atoms with E-state index in [1.54, 1.807) is 13.2 Å². The number of rotatable bonds is 13. The standard InChI is InChI=1S/C27H30ClFN2O5S/c1-36-23-12-18(4-7-24(23)37-11-10-31-25(32)8-9-26(31)33)16-30(15-17-2-3-17)22(14-27(34)35)19-5-6-20(28)21(29)13-19/h4-7,12-13,17,22H,2-3,8-11,14-16H2,1H3,(H,34,35). The molecule has 1 heterocycles. The quantitative estimate of drug-likeness (QED) is 0.273. The van der Waals surface area contributed by atoms with Gasteiger partial charge in [0.2, 0.25) is 11.8 Å². The third kappa shape index (κ3) is 7.24. The molecule has 2 fully saturated rings. The summed E-state index contributed by atoms with van der Waals surface area (Å²) in [6.45, 7) is 1.53. The van der Waals surface area contributed by atoms with Crippen LogP contribution in [0.5, 0.6) is 5.75 Å². The number of hydrogen-bond donors (Lipinski definition) is 1. The van der Waals surface area contributed by atoms with Crippen LogP contribution in [-0.2, 0) is 20.9 Å². The number of amides is 2. The number of imide groups is 1. The van der Waals surface area contributed by atoms with Crippen molar-refractivity contribution in [3.8, 4) is 5.75 Å². The maximum Gasteiger partial charge on any atom is 0.305 e. The first kappa shape index (κ1) is 27.4. The molecule has 1 saturated carbocycles. The monoisotopic (exact) mass is 548 g/mol. The second kappa shape index (κ2) is 12.3. The van der Waals surface area contributed by atoms with E-state index in [2.05, 4.69) is 4.90 Å². The van der Waals surface area contributed by atoms with Crippen LogP contribution < -0.4 is 4.74 Å². The van der Waals surface area contributed by atoms with Crippen molar-refractivity contribution in [2.45, 2.75) is 49.6 Å². The molecule has 1 N–H and O–H groups in total. The number of likely N-dealkylation sites (tertiary alicyclic amines) is 1. The summed E-state index contributed by atoms with van der Waals surface area (Å²) in [6.07, 6.45) is 2.58. The Morgan fingerprint density at radius 3 is 2.57 bits per heavy atom. The Labute approximate surface area is 224 Å². The number of carboxylic acid groups (broad SMARTS) is 1. The average molecular weight is 549 g/mol. The number of benzene rings is 2. The number of carbonyl (C=O) groups excluding carboxylic acids is 2. The predicted molar refractivity (Wildman–Crippen MR) is 139 cm³/mol. The van der Waals surface area contributed by atoms with Crippen LogP contribution in [-0.4, -0.2) is 58.6 Å². The van der Waals surface area contributed by atoms with Crippen LogP contribution in [0.25, 0.3) is 0 Å². The second-order valence-corrected chi connectivity index (χ2v) is 11.0. The van der Waals surface area contributed by atoms with Gasteiger partial charge in [-0.3, -0.25) is 24.2 Å². The molecule has 198 valence electrons. The molecule has 0 bridgehead atoms. The number of hydrogen-bond acceptors (Lipinski definition) is 6. The van der Waals surface area contributed by atoms with Crippen molar-refractivity contribution in [1.82, 2.24) is 9.80 Å². The molecule has 2 amide bonds. The SMILES string of the molecule is COc1cc(CN(CC2CC2)C(CC(=O)O)c2ccc(Cl)c(F)c2)ccc1SCCN1C(=O)CCC1=O. The molecule has 2 aromatic rings. The Morgan fingerprint density at radius 2 is 1.95 bits per heavy atom. The van der Waals surface area contributed by atoms with Crippen molar-refractivity contribution < 1.29 is 28.6 Å². The molecular weight excluding hydrogens is 519 g/mol. The third-order valence-corrected chi connectivity index (χ3v) is 8.01. The van der Waals surface area contributed by atoms with Crippen LogP contribution in [0, 0.1) is 11.7 Å². The molecule has 1 aliphatic carbocycles. The summed E-state index contributed by atoms with van der Waals surface area (Å²) in [7, 11) is 1.59. The average Bonchev–Trinajstić information content (AvgIpc) is 3.63. The first-order valence-electron chi connectivity index (χ1n) is 12.3. The molecular formula is C27H30ClFN2O5S. The molecule has 1 aliphatic heterocycles. The molecule has 1 atom stereocenters. The first-order valence-corrected chi connectivity index (χ1v) is 13.6. The Hall–Kier alpha value is -2.62. The maximum absolute atomic E-state index is 14.3. The van der Waals surface area contributed by atoms with Crippen LogP contribution in [0.2, 0.25) is 5.02 Å². The van der Waals surface area contributed by atoms with Gasteiger partial charge in [-0.15, -0.1) is 11.8 Å². The van der Waals surface area contributed by atoms with E-state index in [1.165, 1.54) is 28.8 Å². The Kier molecular flexibility index (Phi) is 9.10. The van der Waals surface area contributed by atoms with Gasteiger partial charge in [0.25, 0.3) is 0 Å². The number of thioether (sulfide) groups is 1. The zero-order valence-corrected chi connectivity index (χ0v) is 22.2. The predicted octanol–water partition coefficient (Wildman–Crippen LogP) is 5.16. The number of nitrogens with zero attached hydrogens (tertiary/aromatic N) is 2. The molecule has 37 heavy (non-hydrogen) atoms. The van der Waals surface area contributed by atoms with Crippen molar-refractivity contribution in [1.29, 1.82) is 0 Å². The molecule has 2 aromatic carbocycles. The van der Waals surface area contributed by atoms with Gasteiger partial charge in [-0.05, 0) is 54.2 Å². The normalized spacial score (nSPS) is 16.5. The van der Waals surface area contributed by atoms with Gasteiger partial charge < -0.3 is 9.84 Å². The fourth-order valence-electron chi connectivity index (χ4n) is 4.56. The number of carboxylic acids is 1. The highest BCUT2D eigenvalue weighted by Gasteiger charge is 2.31. The minimum atomic E-state index is -0.958. The second-order valence-electron chi connectivity index (χ2n) is 9.43. The number of methoxy groups -OCH3 is 1. The fraction of sp³-hybridized carbons (Fsp3) is 0.444. The van der Waals surface area contributed by atoms with Gasteiger partial charge in [-0.1, -0.05) is 23.7 Å². The van der Waals surface area contributed by atoms with Crippen molar-refractivity contribution in [2.75, 3.05) is 26.0 Å². The molecule has 10 heteroatoms. The Bertz CT molecular complexity index is 1160. The van der Waals surface area contributed by atoms with Gasteiger partial charge in [0.15, 0.2) is 0 Å². The van der Waals surface area contributed by atoms with Crippen molar-refractivity contribution in [3.63, 3.8) is 0 Å². The smallest absolute Gasteiger partial charge is 0.305 e. The van der Waals surface area contributed by atoms with E-state index < -0.39 is 17.8 Å². The van der Waals surface area contributed by atoms with Crippen LogP contribution in [0.15, 0.2) is 41.3 Å². The zero-order chi connectivity index (χ0) is 26.5. The fourth-order valence-corrected chi connectivity index (χ4v) is 5.62. The Balaban J connectivity index is 1.50. The lowest BCUT2D eigenvalue weighted by molar-refractivity contribution is -0.139. The van der Waals surface area contributed by atoms with Gasteiger partial charge >= 0.3 is 5.97 Å². The lowest BCUT2D eigenvalue weighted by Gasteiger charge is -2.32. The summed E-state index contributed by atoms with van der Waals surface area (Å²) in [5.74, 6) is -0.0624. The number of halogens is 2. The van der Waals surface area contributed by atoms with Gasteiger partial charge in [-0.2, -0.15) is 0 Å². The van der Waals surface area contributed by atoms with Gasteiger partial charge in [0, 0.05) is 49.2 Å². The highest BCUT2D eigenvalue weighted by atomic mass is 35.5. The van der Waals surface area contributed by atoms with Crippen LogP contribution in [0.1, 0.15) is 49.3 Å². The zero-order valence-electron chi connectivity index (χ0n) is 20.6. The van der Waals surface area contributed by atoms with Crippen molar-refractivity contribution in [3.05, 3.63) is 58.4 Å². The van der Waals surface area contributed by atoms with Crippen LogP contribution in [0.4, 0.5) is 4.39 Å². The summed E-state index contributed by atoms with van der Waals surface area (Å²) in [4.78, 5) is 39.7. The van der Waals surface area contributed by atoms with Crippen molar-refractivity contribution >= 4 is 41.1 Å². The summed E-state index contributed by atoms with van der Waals surface area (Å²) in [6, 6.07) is 9.80. The van der Waals surface area contributed by atoms with E-state index in [9.17, 15) is 23.9 Å². The summed E-state index contributed by atoms with van der Waals surface area (Å²) in [5, 5.41) is 9.63. The van der Waals surface area contributed by atoms with Gasteiger partial charge in [-0.25, -0.2) is 4.39 Å². The number of carbonyl (C=O) groups is 3. The highest BCUT2D eigenvalue weighted by molar-refractivity contribution is 7.99. The molecule has 0 radical (unpaired) electrons. The lowest BCUT2D eigenvalue weighted by Crippen LogP contribution is -2.32. The third-order valence-electron chi connectivity index (χ3n) is 6.67.